The van der Waals surface area contributed by atoms with Crippen molar-refractivity contribution in [3.05, 3.63) is 41.0 Å². The number of hydrogen-bond donors (Lipinski definition) is 0. The molecule has 0 saturated carbocycles. The first-order valence-corrected chi connectivity index (χ1v) is 9.23. The monoisotopic (exact) mass is 369 g/mol. The predicted molar refractivity (Wildman–Crippen MR) is 99.1 cm³/mol. The summed E-state index contributed by atoms with van der Waals surface area (Å²) in [6.45, 7) is 1.21. The zero-order valence-electron chi connectivity index (χ0n) is 15.8. The second-order valence-corrected chi connectivity index (χ2v) is 7.24. The molecule has 1 spiro atoms. The Morgan fingerprint density at radius 1 is 0.889 bits per heavy atom. The van der Waals surface area contributed by atoms with Crippen molar-refractivity contribution in [3.63, 3.8) is 0 Å². The lowest BCUT2D eigenvalue weighted by Gasteiger charge is -2.48. The first-order chi connectivity index (χ1) is 13.1. The second kappa shape index (κ2) is 5.96. The van der Waals surface area contributed by atoms with Gasteiger partial charge in [0.25, 0.3) is 0 Å². The van der Waals surface area contributed by atoms with Crippen molar-refractivity contribution in [3.8, 4) is 28.7 Å². The third-order valence-corrected chi connectivity index (χ3v) is 5.93. The number of methoxy groups -OCH3 is 2. The number of rotatable bonds is 2. The minimum atomic E-state index is -0.513. The average molecular weight is 369 g/mol. The van der Waals surface area contributed by atoms with Gasteiger partial charge >= 0.3 is 0 Å². The molecular formula is C21H23NO5. The number of hydrogen-bond acceptors (Lipinski definition) is 6. The van der Waals surface area contributed by atoms with E-state index in [1.165, 1.54) is 11.1 Å². The molecule has 2 aromatic carbocycles. The van der Waals surface area contributed by atoms with Crippen molar-refractivity contribution in [1.29, 1.82) is 0 Å². The van der Waals surface area contributed by atoms with Gasteiger partial charge in [0.1, 0.15) is 5.75 Å². The highest BCUT2D eigenvalue weighted by Gasteiger charge is 2.46. The highest BCUT2D eigenvalue weighted by atomic mass is 16.7. The molecule has 3 aliphatic rings. The molecule has 6 nitrogen and oxygen atoms in total. The SMILES string of the molecule is COc1cc2c(cc1OC)OC1(CC2)c2cc3c(cc2CCN1C)OCO3. The molecule has 0 fully saturated rings. The first kappa shape index (κ1) is 16.6. The fraction of sp³-hybridized carbons (Fsp3) is 0.429. The van der Waals surface area contributed by atoms with E-state index < -0.39 is 5.72 Å². The van der Waals surface area contributed by atoms with Gasteiger partial charge in [0.05, 0.1) is 14.2 Å². The summed E-state index contributed by atoms with van der Waals surface area (Å²) >= 11 is 0. The summed E-state index contributed by atoms with van der Waals surface area (Å²) in [5, 5.41) is 0. The molecule has 0 bridgehead atoms. The fourth-order valence-electron chi connectivity index (χ4n) is 4.42. The first-order valence-electron chi connectivity index (χ1n) is 9.23. The number of fused-ring (bicyclic) bond motifs is 4. The van der Waals surface area contributed by atoms with Gasteiger partial charge in [-0.3, -0.25) is 4.90 Å². The van der Waals surface area contributed by atoms with Gasteiger partial charge in [-0.2, -0.15) is 0 Å². The van der Waals surface area contributed by atoms with Crippen molar-refractivity contribution < 1.29 is 23.7 Å². The Hall–Kier alpha value is -2.60. The zero-order chi connectivity index (χ0) is 18.6. The summed E-state index contributed by atoms with van der Waals surface area (Å²) in [4.78, 5) is 2.30. The van der Waals surface area contributed by atoms with E-state index in [0.717, 1.165) is 54.4 Å². The Bertz CT molecular complexity index is 912. The van der Waals surface area contributed by atoms with Crippen LogP contribution in [0.25, 0.3) is 0 Å². The molecule has 2 aromatic rings. The van der Waals surface area contributed by atoms with Crippen LogP contribution in [0.5, 0.6) is 28.7 Å². The van der Waals surface area contributed by atoms with E-state index in [1.54, 1.807) is 14.2 Å². The Morgan fingerprint density at radius 3 is 2.41 bits per heavy atom. The lowest BCUT2D eigenvalue weighted by atomic mass is 9.83. The summed E-state index contributed by atoms with van der Waals surface area (Å²) in [5.41, 5.74) is 3.06. The van der Waals surface area contributed by atoms with Crippen LogP contribution < -0.4 is 23.7 Å². The van der Waals surface area contributed by atoms with Crippen LogP contribution in [0.4, 0.5) is 0 Å². The lowest BCUT2D eigenvalue weighted by Crippen LogP contribution is -2.54. The minimum Gasteiger partial charge on any atom is -0.493 e. The van der Waals surface area contributed by atoms with Gasteiger partial charge in [-0.15, -0.1) is 0 Å². The molecule has 6 heteroatoms. The van der Waals surface area contributed by atoms with Gasteiger partial charge in [-0.05, 0) is 49.2 Å². The fourth-order valence-corrected chi connectivity index (χ4v) is 4.42. The number of benzene rings is 2. The summed E-state index contributed by atoms with van der Waals surface area (Å²) in [6.07, 6.45) is 2.72. The van der Waals surface area contributed by atoms with Crippen LogP contribution in [0.15, 0.2) is 24.3 Å². The van der Waals surface area contributed by atoms with Gasteiger partial charge in [-0.1, -0.05) is 0 Å². The Morgan fingerprint density at radius 2 is 1.63 bits per heavy atom. The van der Waals surface area contributed by atoms with E-state index in [4.69, 9.17) is 23.7 Å². The second-order valence-electron chi connectivity index (χ2n) is 7.24. The van der Waals surface area contributed by atoms with Crippen LogP contribution in [-0.2, 0) is 18.6 Å². The summed E-state index contributed by atoms with van der Waals surface area (Å²) in [5.74, 6) is 3.88. The zero-order valence-corrected chi connectivity index (χ0v) is 15.8. The Balaban J connectivity index is 1.62. The molecule has 0 N–H and O–H groups in total. The van der Waals surface area contributed by atoms with Crippen molar-refractivity contribution in [1.82, 2.24) is 4.90 Å². The van der Waals surface area contributed by atoms with Gasteiger partial charge in [0.15, 0.2) is 28.7 Å². The van der Waals surface area contributed by atoms with Crippen molar-refractivity contribution in [2.24, 2.45) is 0 Å². The molecule has 5 rings (SSSR count). The lowest BCUT2D eigenvalue weighted by molar-refractivity contribution is -0.101. The van der Waals surface area contributed by atoms with Crippen LogP contribution in [0.2, 0.25) is 0 Å². The summed E-state index contributed by atoms with van der Waals surface area (Å²) < 4.78 is 28.8. The van der Waals surface area contributed by atoms with Gasteiger partial charge in [0.2, 0.25) is 6.79 Å². The standard InChI is InChI=1S/C21H23NO5/c1-22-7-5-13-8-19-20(26-12-25-19)10-15(13)21(22)6-4-14-9-17(23-2)18(24-3)11-16(14)27-21/h8-11H,4-7,12H2,1-3H3. The molecule has 3 aliphatic heterocycles. The molecular weight excluding hydrogens is 346 g/mol. The molecule has 0 aliphatic carbocycles. The Labute approximate surface area is 158 Å². The molecule has 0 saturated heterocycles. The van der Waals surface area contributed by atoms with Crippen molar-refractivity contribution in [2.45, 2.75) is 25.0 Å². The van der Waals surface area contributed by atoms with Gasteiger partial charge in [0, 0.05) is 24.6 Å². The highest BCUT2D eigenvalue weighted by molar-refractivity contribution is 5.55. The smallest absolute Gasteiger partial charge is 0.231 e. The van der Waals surface area contributed by atoms with E-state index in [2.05, 4.69) is 24.1 Å². The van der Waals surface area contributed by atoms with Crippen LogP contribution in [0.1, 0.15) is 23.1 Å². The summed E-state index contributed by atoms with van der Waals surface area (Å²) in [7, 11) is 5.42. The van der Waals surface area contributed by atoms with E-state index >= 15 is 0 Å². The van der Waals surface area contributed by atoms with Crippen molar-refractivity contribution >= 4 is 0 Å². The average Bonchev–Trinajstić information content (AvgIpc) is 3.16. The topological polar surface area (TPSA) is 49.4 Å². The predicted octanol–water partition coefficient (Wildman–Crippen LogP) is 3.10. The summed E-state index contributed by atoms with van der Waals surface area (Å²) in [6, 6.07) is 8.16. The maximum atomic E-state index is 6.69. The largest absolute Gasteiger partial charge is 0.493 e. The van der Waals surface area contributed by atoms with Crippen LogP contribution in [0.3, 0.4) is 0 Å². The molecule has 0 aromatic heterocycles. The number of likely N-dealkylation sites (N-methyl/N-ethyl adjacent to an activating group) is 1. The normalized spacial score (nSPS) is 22.8. The Kier molecular flexibility index (Phi) is 3.65. The maximum absolute atomic E-state index is 6.69. The van der Waals surface area contributed by atoms with E-state index in [9.17, 15) is 0 Å². The molecule has 1 atom stereocenters. The molecule has 3 heterocycles. The van der Waals surface area contributed by atoms with E-state index in [-0.39, 0.29) is 6.79 Å². The molecule has 0 amide bonds. The van der Waals surface area contributed by atoms with E-state index in [0.29, 0.717) is 5.75 Å². The number of nitrogens with zero attached hydrogens (tertiary/aromatic N) is 1. The molecule has 27 heavy (non-hydrogen) atoms. The number of aryl methyl sites for hydroxylation is 1. The van der Waals surface area contributed by atoms with E-state index in [1.807, 2.05) is 12.1 Å². The van der Waals surface area contributed by atoms with Crippen molar-refractivity contribution in [2.75, 3.05) is 34.6 Å². The van der Waals surface area contributed by atoms with Gasteiger partial charge < -0.3 is 23.7 Å². The van der Waals surface area contributed by atoms with Gasteiger partial charge in [-0.25, -0.2) is 0 Å². The third-order valence-electron chi connectivity index (χ3n) is 5.93. The highest BCUT2D eigenvalue weighted by Crippen LogP contribution is 2.49. The molecule has 1 unspecified atom stereocenters. The van der Waals surface area contributed by atoms with Crippen LogP contribution in [-0.4, -0.2) is 39.5 Å². The number of ether oxygens (including phenoxy) is 5. The maximum Gasteiger partial charge on any atom is 0.231 e. The molecule has 142 valence electrons. The quantitative estimate of drug-likeness (QED) is 0.811. The minimum absolute atomic E-state index is 0.280. The third kappa shape index (κ3) is 2.36. The van der Waals surface area contributed by atoms with Crippen LogP contribution in [0, 0.1) is 0 Å². The van der Waals surface area contributed by atoms with Crippen LogP contribution >= 0.6 is 0 Å². The molecule has 0 radical (unpaired) electrons.